The van der Waals surface area contributed by atoms with Crippen LogP contribution in [0.1, 0.15) is 69.7 Å². The molecule has 48 heavy (non-hydrogen) atoms. The molecule has 0 aliphatic carbocycles. The van der Waals surface area contributed by atoms with Crippen molar-refractivity contribution in [3.05, 3.63) is 94.0 Å². The van der Waals surface area contributed by atoms with Crippen LogP contribution < -0.4 is 9.47 Å². The van der Waals surface area contributed by atoms with Crippen molar-refractivity contribution in [3.8, 4) is 35.2 Å². The molecule has 0 aliphatic rings. The number of ether oxygens (including phenoxy) is 4. The molecular formula is C34H34O12S2. The van der Waals surface area contributed by atoms with Gasteiger partial charge in [-0.25, -0.2) is 9.59 Å². The van der Waals surface area contributed by atoms with E-state index >= 15 is 0 Å². The number of hydrogen-bond donors (Lipinski definition) is 2. The van der Waals surface area contributed by atoms with E-state index in [0.29, 0.717) is 33.4 Å². The van der Waals surface area contributed by atoms with Crippen LogP contribution in [0.4, 0.5) is 0 Å². The fraction of sp³-hybridized carbons (Fsp3) is 0.294. The van der Waals surface area contributed by atoms with Crippen LogP contribution in [0.5, 0.6) is 11.5 Å². The van der Waals surface area contributed by atoms with Gasteiger partial charge in [-0.3, -0.25) is 9.11 Å². The van der Waals surface area contributed by atoms with Crippen LogP contribution in [0.15, 0.2) is 60.7 Å². The number of carbonyl (C=O) groups is 2. The number of benzene rings is 3. The van der Waals surface area contributed by atoms with Crippen molar-refractivity contribution in [2.24, 2.45) is 0 Å². The van der Waals surface area contributed by atoms with E-state index in [0.717, 1.165) is 0 Å². The Morgan fingerprint density at radius 1 is 0.604 bits per heavy atom. The molecule has 254 valence electrons. The molecule has 3 rings (SSSR count). The molecule has 0 saturated heterocycles. The highest BCUT2D eigenvalue weighted by Crippen LogP contribution is 2.29. The Morgan fingerprint density at radius 3 is 1.27 bits per heavy atom. The third kappa shape index (κ3) is 13.1. The predicted octanol–water partition coefficient (Wildman–Crippen LogP) is 4.15. The van der Waals surface area contributed by atoms with Crippen molar-refractivity contribution < 1.29 is 54.5 Å². The van der Waals surface area contributed by atoms with Crippen molar-refractivity contribution in [1.82, 2.24) is 0 Å². The molecule has 0 atom stereocenters. The highest BCUT2D eigenvalue weighted by molar-refractivity contribution is 7.86. The maximum Gasteiger partial charge on any atom is 0.338 e. The molecule has 14 heteroatoms. The summed E-state index contributed by atoms with van der Waals surface area (Å²) in [5.41, 5.74) is 2.42. The molecule has 0 saturated carbocycles. The molecule has 12 nitrogen and oxygen atoms in total. The quantitative estimate of drug-likeness (QED) is 0.106. The maximum absolute atomic E-state index is 12.0. The van der Waals surface area contributed by atoms with E-state index < -0.39 is 43.7 Å². The van der Waals surface area contributed by atoms with Crippen LogP contribution in [0.2, 0.25) is 0 Å². The van der Waals surface area contributed by atoms with Gasteiger partial charge >= 0.3 is 11.9 Å². The van der Waals surface area contributed by atoms with E-state index in [-0.39, 0.29) is 50.8 Å². The SMILES string of the molecule is CCOC(=O)c1ccc(C#Cc2cc(OCCCS(=O)(=O)O)c(C#Cc3ccc(C(=O)OCC)cc3)cc2OCCCS(=O)(=O)O)cc1. The third-order valence-electron chi connectivity index (χ3n) is 6.17. The Hall–Kier alpha value is -4.86. The maximum atomic E-state index is 12.0. The van der Waals surface area contributed by atoms with Crippen LogP contribution >= 0.6 is 0 Å². The molecule has 3 aromatic rings. The number of carbonyl (C=O) groups excluding carboxylic acids is 2. The van der Waals surface area contributed by atoms with Crippen molar-refractivity contribution >= 4 is 32.2 Å². The van der Waals surface area contributed by atoms with Gasteiger partial charge in [0.1, 0.15) is 11.5 Å². The standard InChI is InChI=1S/C34H34O12S2/c1-3-43-33(35)27-13-7-25(8-14-27)11-17-29-23-32(46-20-6-22-48(40,41)42)30(24-31(29)45-19-5-21-47(37,38)39)18-12-26-9-15-28(16-10-26)34(36)44-4-2/h7-10,13-16,23-24H,3-6,19-22H2,1-2H3,(H,37,38,39)(H,40,41,42). The Labute approximate surface area is 279 Å². The lowest BCUT2D eigenvalue weighted by Gasteiger charge is -2.13. The van der Waals surface area contributed by atoms with Gasteiger partial charge in [-0.05, 0) is 75.2 Å². The first-order valence-corrected chi connectivity index (χ1v) is 17.9. The monoisotopic (exact) mass is 698 g/mol. The minimum absolute atomic E-state index is 0.0251. The van der Waals surface area contributed by atoms with E-state index in [9.17, 15) is 26.4 Å². The van der Waals surface area contributed by atoms with Crippen molar-refractivity contribution in [2.45, 2.75) is 26.7 Å². The first kappa shape index (κ1) is 37.6. The van der Waals surface area contributed by atoms with Crippen molar-refractivity contribution in [3.63, 3.8) is 0 Å². The van der Waals surface area contributed by atoms with Gasteiger partial charge in [0.2, 0.25) is 0 Å². The molecule has 0 bridgehead atoms. The average Bonchev–Trinajstić information content (AvgIpc) is 3.03. The largest absolute Gasteiger partial charge is 0.492 e. The minimum atomic E-state index is -4.21. The Morgan fingerprint density at radius 2 is 0.958 bits per heavy atom. The lowest BCUT2D eigenvalue weighted by molar-refractivity contribution is 0.0516. The van der Waals surface area contributed by atoms with Gasteiger partial charge < -0.3 is 18.9 Å². The topological polar surface area (TPSA) is 180 Å². The first-order chi connectivity index (χ1) is 22.8. The van der Waals surface area contributed by atoms with Crippen molar-refractivity contribution in [1.29, 1.82) is 0 Å². The van der Waals surface area contributed by atoms with Crippen LogP contribution in [-0.2, 0) is 29.7 Å². The van der Waals surface area contributed by atoms with E-state index in [1.807, 2.05) is 0 Å². The van der Waals surface area contributed by atoms with Crippen LogP contribution in [0, 0.1) is 23.7 Å². The fourth-order valence-corrected chi connectivity index (χ4v) is 4.89. The zero-order valence-electron chi connectivity index (χ0n) is 26.2. The second-order valence-electron chi connectivity index (χ2n) is 9.92. The van der Waals surface area contributed by atoms with E-state index in [1.165, 1.54) is 12.1 Å². The lowest BCUT2D eigenvalue weighted by Crippen LogP contribution is -2.10. The average molecular weight is 699 g/mol. The Balaban J connectivity index is 2.02. The predicted molar refractivity (Wildman–Crippen MR) is 176 cm³/mol. The highest BCUT2D eigenvalue weighted by Gasteiger charge is 2.13. The van der Waals surface area contributed by atoms with Gasteiger partial charge in [0.25, 0.3) is 20.2 Å². The molecule has 0 aromatic heterocycles. The van der Waals surface area contributed by atoms with Crippen LogP contribution in [0.25, 0.3) is 0 Å². The van der Waals surface area contributed by atoms with Gasteiger partial charge in [0.15, 0.2) is 0 Å². The molecule has 0 amide bonds. The second kappa shape index (κ2) is 17.9. The molecule has 0 spiro atoms. The Bertz CT molecular complexity index is 1780. The van der Waals surface area contributed by atoms with E-state index in [1.54, 1.807) is 62.4 Å². The summed E-state index contributed by atoms with van der Waals surface area (Å²) in [4.78, 5) is 24.0. The van der Waals surface area contributed by atoms with E-state index in [2.05, 4.69) is 23.7 Å². The number of esters is 2. The van der Waals surface area contributed by atoms with Gasteiger partial charge in [0.05, 0.1) is 60.2 Å². The highest BCUT2D eigenvalue weighted by atomic mass is 32.2. The van der Waals surface area contributed by atoms with Gasteiger partial charge in [-0.15, -0.1) is 0 Å². The lowest BCUT2D eigenvalue weighted by atomic mass is 10.1. The molecular weight excluding hydrogens is 664 g/mol. The number of hydrogen-bond acceptors (Lipinski definition) is 10. The summed E-state index contributed by atoms with van der Waals surface area (Å²) < 4.78 is 84.7. The zero-order valence-corrected chi connectivity index (χ0v) is 27.9. The van der Waals surface area contributed by atoms with Crippen LogP contribution in [-0.4, -0.2) is 75.8 Å². The van der Waals surface area contributed by atoms with Crippen LogP contribution in [0.3, 0.4) is 0 Å². The third-order valence-corrected chi connectivity index (χ3v) is 7.77. The summed E-state index contributed by atoms with van der Waals surface area (Å²) in [6.45, 7) is 3.67. The zero-order chi connectivity index (χ0) is 35.2. The summed E-state index contributed by atoms with van der Waals surface area (Å²) in [6, 6.07) is 15.8. The second-order valence-corrected chi connectivity index (χ2v) is 13.1. The fourth-order valence-electron chi connectivity index (χ4n) is 3.93. The van der Waals surface area contributed by atoms with Crippen molar-refractivity contribution in [2.75, 3.05) is 37.9 Å². The molecule has 0 fully saturated rings. The summed E-state index contributed by atoms with van der Waals surface area (Å²) in [7, 11) is -8.42. The molecule has 3 aromatic carbocycles. The summed E-state index contributed by atoms with van der Waals surface area (Å²) in [5, 5.41) is 0. The van der Waals surface area contributed by atoms with Gasteiger partial charge in [-0.2, -0.15) is 16.8 Å². The molecule has 0 radical (unpaired) electrons. The Kier molecular flexibility index (Phi) is 14.0. The summed E-state index contributed by atoms with van der Waals surface area (Å²) in [5.74, 6) is 10.3. The number of rotatable bonds is 14. The molecule has 0 aliphatic heterocycles. The minimum Gasteiger partial charge on any atom is -0.492 e. The van der Waals surface area contributed by atoms with Gasteiger partial charge in [-0.1, -0.05) is 23.7 Å². The summed E-state index contributed by atoms with van der Waals surface area (Å²) >= 11 is 0. The first-order valence-electron chi connectivity index (χ1n) is 14.7. The van der Waals surface area contributed by atoms with E-state index in [4.69, 9.17) is 28.1 Å². The smallest absolute Gasteiger partial charge is 0.338 e. The molecule has 2 N–H and O–H groups in total. The normalized spacial score (nSPS) is 10.9. The molecule has 0 heterocycles. The van der Waals surface area contributed by atoms with Gasteiger partial charge in [0, 0.05) is 23.3 Å². The molecule has 0 unspecified atom stereocenters. The summed E-state index contributed by atoms with van der Waals surface area (Å²) in [6.07, 6.45) is -0.0501.